The number of fused-ring (bicyclic) bond motifs is 2. The van der Waals surface area contributed by atoms with E-state index in [0.29, 0.717) is 10.7 Å². The number of carbonyl (C=O) groups is 2. The Hall–Kier alpha value is -1.97. The second kappa shape index (κ2) is 9.82. The summed E-state index contributed by atoms with van der Waals surface area (Å²) in [6, 6.07) is 3.37. The number of aliphatic hydroxyl groups is 1. The van der Waals surface area contributed by atoms with E-state index in [9.17, 15) is 14.7 Å². The number of thiazole rings is 1. The van der Waals surface area contributed by atoms with Crippen LogP contribution in [0.3, 0.4) is 0 Å². The van der Waals surface area contributed by atoms with Gasteiger partial charge in [0, 0.05) is 59.3 Å². The molecule has 188 valence electrons. The highest BCUT2D eigenvalue weighted by atomic mass is 32.2. The molecular formula is C26H34N4O3S2. The van der Waals surface area contributed by atoms with Crippen molar-refractivity contribution in [2.45, 2.75) is 52.1 Å². The topological polar surface area (TPSA) is 95.4 Å². The molecule has 9 heteroatoms. The first kappa shape index (κ1) is 24.7. The lowest BCUT2D eigenvalue weighted by atomic mass is 9.53. The Labute approximate surface area is 215 Å². The van der Waals surface area contributed by atoms with E-state index in [2.05, 4.69) is 24.1 Å². The highest BCUT2D eigenvalue weighted by molar-refractivity contribution is 7.99. The van der Waals surface area contributed by atoms with Crippen molar-refractivity contribution < 1.29 is 14.7 Å². The van der Waals surface area contributed by atoms with Crippen LogP contribution in [-0.2, 0) is 11.2 Å². The van der Waals surface area contributed by atoms with Gasteiger partial charge in [-0.3, -0.25) is 19.9 Å². The maximum Gasteiger partial charge on any atom is 0.257 e. The zero-order valence-electron chi connectivity index (χ0n) is 20.6. The van der Waals surface area contributed by atoms with Crippen molar-refractivity contribution in [1.29, 1.82) is 0 Å². The Morgan fingerprint density at radius 1 is 1.26 bits per heavy atom. The lowest BCUT2D eigenvalue weighted by Gasteiger charge is -2.53. The summed E-state index contributed by atoms with van der Waals surface area (Å²) < 4.78 is 0. The molecule has 0 radical (unpaired) electrons. The number of nitrogens with zero attached hydrogens (tertiary/aromatic N) is 3. The Kier molecular flexibility index (Phi) is 6.94. The average Bonchev–Trinajstić information content (AvgIpc) is 3.26. The number of anilines is 1. The highest BCUT2D eigenvalue weighted by Crippen LogP contribution is 2.57. The number of rotatable bonds is 4. The molecule has 1 aliphatic heterocycles. The van der Waals surface area contributed by atoms with Gasteiger partial charge in [-0.2, -0.15) is 11.8 Å². The molecule has 1 saturated carbocycles. The zero-order chi connectivity index (χ0) is 24.7. The van der Waals surface area contributed by atoms with Gasteiger partial charge in [-0.15, -0.1) is 11.3 Å². The minimum Gasteiger partial charge on any atom is -0.392 e. The molecule has 2 N–H and O–H groups in total. The third-order valence-electron chi connectivity index (χ3n) is 8.44. The molecule has 2 aromatic rings. The van der Waals surface area contributed by atoms with E-state index < -0.39 is 6.10 Å². The quantitative estimate of drug-likeness (QED) is 0.639. The average molecular weight is 515 g/mol. The summed E-state index contributed by atoms with van der Waals surface area (Å²) in [5.74, 6) is 1.85. The fourth-order valence-electron chi connectivity index (χ4n) is 6.53. The summed E-state index contributed by atoms with van der Waals surface area (Å²) in [5, 5.41) is 15.2. The van der Waals surface area contributed by atoms with Crippen LogP contribution in [0.5, 0.6) is 0 Å². The third-order valence-corrected chi connectivity index (χ3v) is 10.4. The monoisotopic (exact) mass is 514 g/mol. The van der Waals surface area contributed by atoms with Crippen LogP contribution in [0.15, 0.2) is 24.5 Å². The van der Waals surface area contributed by atoms with Crippen molar-refractivity contribution in [3.8, 4) is 0 Å². The third kappa shape index (κ3) is 4.62. The fourth-order valence-corrected chi connectivity index (χ4v) is 8.69. The number of amides is 2. The van der Waals surface area contributed by atoms with Gasteiger partial charge < -0.3 is 10.0 Å². The minimum absolute atomic E-state index is 0.0340. The largest absolute Gasteiger partial charge is 0.392 e. The van der Waals surface area contributed by atoms with E-state index >= 15 is 0 Å². The molecule has 0 bridgehead atoms. The van der Waals surface area contributed by atoms with Gasteiger partial charge >= 0.3 is 0 Å². The lowest BCUT2D eigenvalue weighted by Crippen LogP contribution is -2.54. The second-order valence-electron chi connectivity index (χ2n) is 10.6. The van der Waals surface area contributed by atoms with Gasteiger partial charge in [0.25, 0.3) is 5.91 Å². The molecule has 0 aromatic carbocycles. The fraction of sp³-hybridized carbons (Fsp3) is 0.615. The van der Waals surface area contributed by atoms with Gasteiger partial charge in [0.2, 0.25) is 5.91 Å². The predicted octanol–water partition coefficient (Wildman–Crippen LogP) is 4.05. The lowest BCUT2D eigenvalue weighted by molar-refractivity contribution is -0.144. The molecular weight excluding hydrogens is 480 g/mol. The van der Waals surface area contributed by atoms with Crippen molar-refractivity contribution in [3.05, 3.63) is 40.7 Å². The van der Waals surface area contributed by atoms with E-state index in [1.54, 1.807) is 35.9 Å². The van der Waals surface area contributed by atoms with Crippen molar-refractivity contribution in [2.24, 2.45) is 23.2 Å². The maximum atomic E-state index is 13.2. The van der Waals surface area contributed by atoms with E-state index in [0.717, 1.165) is 49.6 Å². The van der Waals surface area contributed by atoms with Gasteiger partial charge in [-0.25, -0.2) is 4.98 Å². The highest BCUT2D eigenvalue weighted by Gasteiger charge is 2.54. The molecule has 35 heavy (non-hydrogen) atoms. The van der Waals surface area contributed by atoms with Crippen LogP contribution in [0.2, 0.25) is 0 Å². The van der Waals surface area contributed by atoms with Crippen LogP contribution in [-0.4, -0.2) is 62.5 Å². The molecule has 1 saturated heterocycles. The molecule has 3 aliphatic rings. The van der Waals surface area contributed by atoms with Gasteiger partial charge in [-0.1, -0.05) is 20.8 Å². The standard InChI is InChI=1S/C26H34N4O3S2/c1-15(24(33)30-10-12-34-13-11-30)18-4-7-26(3)14-19-21(16(2)20(26)22(18)31)28-25(35-19)29-23(32)17-5-8-27-9-6-17/h5-6,8-9,15-16,18,20,22,31H,4,7,10-14H2,1-3H3,(H,28,29,32)/t15-,16-,18+,20+,22-,26+/m0/s1. The van der Waals surface area contributed by atoms with Gasteiger partial charge in [0.15, 0.2) is 5.13 Å². The molecule has 2 aliphatic carbocycles. The molecule has 3 heterocycles. The SMILES string of the molecule is C[C@H](C(=O)N1CCSCC1)[C@H]1CC[C@]2(C)Cc3sc(NC(=O)c4ccncc4)nc3[C@@H](C)[C@@H]2[C@H]1O. The molecule has 2 amide bonds. The van der Waals surface area contributed by atoms with Crippen molar-refractivity contribution in [2.75, 3.05) is 29.9 Å². The Balaban J connectivity index is 1.34. The van der Waals surface area contributed by atoms with E-state index in [1.165, 1.54) is 4.88 Å². The number of hydrogen-bond acceptors (Lipinski definition) is 7. The minimum atomic E-state index is -0.549. The van der Waals surface area contributed by atoms with E-state index in [-0.39, 0.29) is 40.9 Å². The predicted molar refractivity (Wildman–Crippen MR) is 140 cm³/mol. The Morgan fingerprint density at radius 2 is 1.97 bits per heavy atom. The van der Waals surface area contributed by atoms with Crippen molar-refractivity contribution in [1.82, 2.24) is 14.9 Å². The summed E-state index contributed by atoms with van der Waals surface area (Å²) in [6.45, 7) is 8.05. The second-order valence-corrected chi connectivity index (χ2v) is 12.9. The summed E-state index contributed by atoms with van der Waals surface area (Å²) in [7, 11) is 0. The molecule has 5 rings (SSSR count). The normalized spacial score (nSPS) is 31.3. The number of carbonyl (C=O) groups excluding carboxylic acids is 2. The van der Waals surface area contributed by atoms with Crippen LogP contribution in [0.1, 0.15) is 60.5 Å². The number of thioether (sulfide) groups is 1. The summed E-state index contributed by atoms with van der Waals surface area (Å²) in [4.78, 5) is 37.8. The van der Waals surface area contributed by atoms with Crippen LogP contribution in [0.25, 0.3) is 0 Å². The first-order valence-corrected chi connectivity index (χ1v) is 14.5. The molecule has 7 nitrogen and oxygen atoms in total. The number of pyridine rings is 1. The van der Waals surface area contributed by atoms with Gasteiger partial charge in [0.05, 0.1) is 11.8 Å². The van der Waals surface area contributed by atoms with Gasteiger partial charge in [0.1, 0.15) is 0 Å². The summed E-state index contributed by atoms with van der Waals surface area (Å²) >= 11 is 3.44. The van der Waals surface area contributed by atoms with E-state index in [4.69, 9.17) is 4.98 Å². The smallest absolute Gasteiger partial charge is 0.257 e. The van der Waals surface area contributed by atoms with Crippen LogP contribution in [0.4, 0.5) is 5.13 Å². The van der Waals surface area contributed by atoms with Crippen molar-refractivity contribution in [3.63, 3.8) is 0 Å². The summed E-state index contributed by atoms with van der Waals surface area (Å²) in [6.07, 6.45) is 5.33. The molecule has 0 spiro atoms. The molecule has 0 unspecified atom stereocenters. The number of nitrogens with one attached hydrogen (secondary N) is 1. The van der Waals surface area contributed by atoms with Crippen LogP contribution in [0, 0.1) is 23.2 Å². The Bertz CT molecular complexity index is 1090. The number of hydrogen-bond donors (Lipinski definition) is 2. The van der Waals surface area contributed by atoms with Crippen molar-refractivity contribution >= 4 is 40.0 Å². The molecule has 6 atom stereocenters. The van der Waals surface area contributed by atoms with Crippen LogP contribution >= 0.6 is 23.1 Å². The van der Waals surface area contributed by atoms with E-state index in [1.807, 2.05) is 23.6 Å². The first-order valence-electron chi connectivity index (χ1n) is 12.5. The zero-order valence-corrected chi connectivity index (χ0v) is 22.2. The molecule has 2 fully saturated rings. The number of aliphatic hydroxyl groups excluding tert-OH is 1. The first-order chi connectivity index (χ1) is 16.8. The van der Waals surface area contributed by atoms with Gasteiger partial charge in [-0.05, 0) is 48.6 Å². The van der Waals surface area contributed by atoms with Crippen LogP contribution < -0.4 is 5.32 Å². The maximum absolute atomic E-state index is 13.2. The Morgan fingerprint density at radius 3 is 2.69 bits per heavy atom. The summed E-state index contributed by atoms with van der Waals surface area (Å²) in [5.41, 5.74) is 1.48. The molecule has 2 aromatic heterocycles. The number of aromatic nitrogens is 2.